The van der Waals surface area contributed by atoms with Crippen LogP contribution in [0, 0.1) is 0 Å². The number of unbranched alkanes of at least 4 members (excludes halogenated alkanes) is 33. The van der Waals surface area contributed by atoms with Crippen LogP contribution in [0.1, 0.15) is 309 Å². The fourth-order valence-corrected chi connectivity index (χ4v) is 10.9. The molecule has 1 aliphatic heterocycles. The van der Waals surface area contributed by atoms with Crippen LogP contribution in [-0.2, 0) is 14.3 Å². The van der Waals surface area contributed by atoms with Crippen molar-refractivity contribution in [1.29, 1.82) is 0 Å². The van der Waals surface area contributed by atoms with Gasteiger partial charge in [-0.05, 0) is 83.5 Å². The third kappa shape index (κ3) is 52.5. The van der Waals surface area contributed by atoms with E-state index in [1.54, 1.807) is 0 Å². The number of amides is 1. The standard InChI is InChI=1S/C76H133NO8/c1-3-5-7-9-11-13-15-17-19-21-23-25-27-29-30-31-32-33-34-35-36-37-38-39-40-42-44-46-48-50-52-54-56-58-60-62-64-66-72(80)77-69(68-84-76-75(83)74(82)73(81)71(67-78)85-76)70(79)65-63-61-59-57-55-53-51-49-47-45-43-41-28-26-24-22-20-18-16-14-12-10-8-6-4-2/h5,7,11,13,17,19,23,25,29-30,32-33,35-36,38-39,42,44,69-71,73-76,78-79,81-83H,3-4,6,8-10,12,14-16,18,20-22,24,26-28,31,34,37,40-41,43,45-68H2,1-2H3,(H,77,80)/b7-5-,13-11-,19-17-,25-23-,30-29-,33-32-,36-35-,39-38-,44-42-. The Balaban J connectivity index is 2.14. The van der Waals surface area contributed by atoms with Gasteiger partial charge in [-0.25, -0.2) is 0 Å². The number of carbonyl (C=O) groups is 1. The molecule has 9 heteroatoms. The summed E-state index contributed by atoms with van der Waals surface area (Å²) in [7, 11) is 0. The molecule has 6 N–H and O–H groups in total. The van der Waals surface area contributed by atoms with E-state index in [9.17, 15) is 30.3 Å². The molecule has 1 aliphatic rings. The predicted molar refractivity (Wildman–Crippen MR) is 364 cm³/mol. The minimum Gasteiger partial charge on any atom is -0.394 e. The topological polar surface area (TPSA) is 149 Å². The van der Waals surface area contributed by atoms with Gasteiger partial charge in [0.05, 0.1) is 25.4 Å². The van der Waals surface area contributed by atoms with Crippen molar-refractivity contribution in [2.24, 2.45) is 0 Å². The molecule has 490 valence electrons. The molecule has 1 rings (SSSR count). The van der Waals surface area contributed by atoms with Crippen LogP contribution in [0.15, 0.2) is 109 Å². The zero-order valence-corrected chi connectivity index (χ0v) is 54.8. The van der Waals surface area contributed by atoms with Crippen molar-refractivity contribution in [2.45, 2.75) is 352 Å². The van der Waals surface area contributed by atoms with Gasteiger partial charge in [0.1, 0.15) is 24.4 Å². The van der Waals surface area contributed by atoms with Crippen LogP contribution in [-0.4, -0.2) is 87.5 Å². The van der Waals surface area contributed by atoms with Crippen molar-refractivity contribution in [3.8, 4) is 0 Å². The summed E-state index contributed by atoms with van der Waals surface area (Å²) in [6, 6.07) is -0.731. The number of aliphatic hydroxyl groups is 5. The highest BCUT2D eigenvalue weighted by atomic mass is 16.7. The van der Waals surface area contributed by atoms with E-state index >= 15 is 0 Å². The molecule has 1 saturated heterocycles. The van der Waals surface area contributed by atoms with Crippen LogP contribution in [0.25, 0.3) is 0 Å². The number of rotatable bonds is 61. The zero-order valence-electron chi connectivity index (χ0n) is 54.8. The van der Waals surface area contributed by atoms with Crippen LogP contribution in [0.4, 0.5) is 0 Å². The fraction of sp³-hybridized carbons (Fsp3) is 0.750. The van der Waals surface area contributed by atoms with Gasteiger partial charge < -0.3 is 40.3 Å². The maximum absolute atomic E-state index is 13.2. The number of allylic oxidation sites excluding steroid dienone is 18. The zero-order chi connectivity index (χ0) is 61.4. The minimum absolute atomic E-state index is 0.144. The summed E-state index contributed by atoms with van der Waals surface area (Å²) >= 11 is 0. The molecule has 9 nitrogen and oxygen atoms in total. The van der Waals surface area contributed by atoms with Gasteiger partial charge in [-0.3, -0.25) is 4.79 Å². The maximum Gasteiger partial charge on any atom is 0.220 e. The highest BCUT2D eigenvalue weighted by molar-refractivity contribution is 5.76. The summed E-state index contributed by atoms with van der Waals surface area (Å²) in [6.07, 6.45) is 87.1. The fourth-order valence-electron chi connectivity index (χ4n) is 10.9. The van der Waals surface area contributed by atoms with Gasteiger partial charge in [0.2, 0.25) is 5.91 Å². The molecule has 0 aromatic heterocycles. The van der Waals surface area contributed by atoms with Crippen LogP contribution in [0.2, 0.25) is 0 Å². The lowest BCUT2D eigenvalue weighted by Gasteiger charge is -2.40. The SMILES string of the molecule is CC/C=C\C/C=C\C/C=C\C/C=C\C/C=C\C/C=C\C/C=C\C/C=C\C/C=C\CCCCCCCCCCCC(=O)NC(COC1OC(CO)C(O)C(O)C1O)C(O)CCCCCCCCCCCCCCCCCCCCCCCCCCC. The first-order valence-corrected chi connectivity index (χ1v) is 35.6. The second-order valence-corrected chi connectivity index (χ2v) is 24.3. The average Bonchev–Trinajstić information content (AvgIpc) is 3.57. The third-order valence-electron chi connectivity index (χ3n) is 16.4. The van der Waals surface area contributed by atoms with E-state index in [1.807, 2.05) is 0 Å². The third-order valence-corrected chi connectivity index (χ3v) is 16.4. The van der Waals surface area contributed by atoms with Gasteiger partial charge in [0.25, 0.3) is 0 Å². The van der Waals surface area contributed by atoms with Gasteiger partial charge >= 0.3 is 0 Å². The molecule has 0 aromatic carbocycles. The van der Waals surface area contributed by atoms with Crippen molar-refractivity contribution in [2.75, 3.05) is 13.2 Å². The Bertz CT molecular complexity index is 1710. The van der Waals surface area contributed by atoms with E-state index in [1.165, 1.54) is 180 Å². The Kier molecular flexibility index (Phi) is 60.0. The molecule has 1 heterocycles. The molecule has 0 saturated carbocycles. The van der Waals surface area contributed by atoms with Crippen molar-refractivity contribution < 1.29 is 39.8 Å². The largest absolute Gasteiger partial charge is 0.394 e. The minimum atomic E-state index is -1.56. The van der Waals surface area contributed by atoms with Crippen LogP contribution in [0.3, 0.4) is 0 Å². The summed E-state index contributed by atoms with van der Waals surface area (Å²) in [6.45, 7) is 3.75. The molecule has 0 spiro atoms. The lowest BCUT2D eigenvalue weighted by atomic mass is 9.99. The second kappa shape index (κ2) is 63.9. The quantitative estimate of drug-likeness (QED) is 0.0261. The number of hydrogen-bond acceptors (Lipinski definition) is 8. The summed E-state index contributed by atoms with van der Waals surface area (Å²) in [5.74, 6) is -0.151. The average molecular weight is 1190 g/mol. The highest BCUT2D eigenvalue weighted by Crippen LogP contribution is 2.23. The summed E-state index contributed by atoms with van der Waals surface area (Å²) < 4.78 is 11.4. The number of carbonyl (C=O) groups excluding carboxylic acids is 1. The normalized spacial score (nSPS) is 18.8. The van der Waals surface area contributed by atoms with Crippen molar-refractivity contribution in [3.63, 3.8) is 0 Å². The van der Waals surface area contributed by atoms with Crippen LogP contribution >= 0.6 is 0 Å². The Labute approximate surface area is 523 Å². The van der Waals surface area contributed by atoms with Gasteiger partial charge in [0, 0.05) is 6.42 Å². The molecule has 7 atom stereocenters. The molecule has 1 amide bonds. The monoisotopic (exact) mass is 1190 g/mol. The number of ether oxygens (including phenoxy) is 2. The summed E-state index contributed by atoms with van der Waals surface area (Å²) in [5.41, 5.74) is 0. The van der Waals surface area contributed by atoms with Gasteiger partial charge in [-0.2, -0.15) is 0 Å². The van der Waals surface area contributed by atoms with Gasteiger partial charge in [0.15, 0.2) is 6.29 Å². The molecule has 0 bridgehead atoms. The molecule has 0 aromatic rings. The van der Waals surface area contributed by atoms with E-state index in [-0.39, 0.29) is 12.5 Å². The lowest BCUT2D eigenvalue weighted by Crippen LogP contribution is -2.60. The van der Waals surface area contributed by atoms with Crippen molar-refractivity contribution in [1.82, 2.24) is 5.32 Å². The smallest absolute Gasteiger partial charge is 0.220 e. The summed E-state index contributed by atoms with van der Waals surface area (Å²) in [4.78, 5) is 13.2. The second-order valence-electron chi connectivity index (χ2n) is 24.3. The Morgan fingerprint density at radius 1 is 0.412 bits per heavy atom. The molecule has 7 unspecified atom stereocenters. The van der Waals surface area contributed by atoms with Gasteiger partial charge in [-0.1, -0.05) is 329 Å². The molecule has 1 fully saturated rings. The summed E-state index contributed by atoms with van der Waals surface area (Å²) in [5, 5.41) is 55.0. The Hall–Kier alpha value is -3.15. The van der Waals surface area contributed by atoms with Crippen molar-refractivity contribution in [3.05, 3.63) is 109 Å². The maximum atomic E-state index is 13.2. The first-order valence-electron chi connectivity index (χ1n) is 35.6. The van der Waals surface area contributed by atoms with E-state index in [2.05, 4.69) is 129 Å². The van der Waals surface area contributed by atoms with Crippen LogP contribution < -0.4 is 5.32 Å². The lowest BCUT2D eigenvalue weighted by molar-refractivity contribution is -0.302. The number of nitrogens with one attached hydrogen (secondary N) is 1. The van der Waals surface area contributed by atoms with E-state index in [4.69, 9.17) is 9.47 Å². The van der Waals surface area contributed by atoms with Crippen LogP contribution in [0.5, 0.6) is 0 Å². The molecule has 85 heavy (non-hydrogen) atoms. The van der Waals surface area contributed by atoms with Crippen molar-refractivity contribution >= 4 is 5.91 Å². The molecular weight excluding hydrogens is 1050 g/mol. The Morgan fingerprint density at radius 3 is 1.08 bits per heavy atom. The highest BCUT2D eigenvalue weighted by Gasteiger charge is 2.44. The Morgan fingerprint density at radius 2 is 0.729 bits per heavy atom. The van der Waals surface area contributed by atoms with E-state index in [0.717, 1.165) is 103 Å². The molecule has 0 radical (unpaired) electrons. The predicted octanol–water partition coefficient (Wildman–Crippen LogP) is 19.6. The number of aliphatic hydroxyl groups excluding tert-OH is 5. The van der Waals surface area contributed by atoms with E-state index < -0.39 is 49.5 Å². The van der Waals surface area contributed by atoms with E-state index in [0.29, 0.717) is 12.8 Å². The molecule has 0 aliphatic carbocycles. The first kappa shape index (κ1) is 79.9. The first-order chi connectivity index (χ1) is 41.8. The van der Waals surface area contributed by atoms with Gasteiger partial charge in [-0.15, -0.1) is 0 Å². The molecular formula is C76H133NO8. The number of hydrogen-bond donors (Lipinski definition) is 6.